The topological polar surface area (TPSA) is 46.5 Å². The third kappa shape index (κ3) is 18.2. The van der Waals surface area contributed by atoms with Crippen LogP contribution in [0.15, 0.2) is 49.0 Å². The summed E-state index contributed by atoms with van der Waals surface area (Å²) in [5.74, 6) is -0.703. The molecular weight excluding hydrogens is 264 g/mol. The molecule has 0 saturated carbocycles. The molecule has 3 nitrogen and oxygen atoms in total. The molecule has 0 saturated heterocycles. The zero-order valence-corrected chi connectivity index (χ0v) is 13.0. The van der Waals surface area contributed by atoms with Crippen molar-refractivity contribution < 1.29 is 14.6 Å². The largest absolute Gasteiger partial charge is 0.481 e. The molecule has 0 rings (SSSR count). The molecule has 0 aromatic carbocycles. The van der Waals surface area contributed by atoms with Gasteiger partial charge in [-0.25, -0.2) is 0 Å². The molecule has 0 aliphatic heterocycles. The number of allylic oxidation sites excluding steroid dienone is 6. The van der Waals surface area contributed by atoms with Crippen molar-refractivity contribution in [3.8, 4) is 0 Å². The Kier molecular flexibility index (Phi) is 14.9. The van der Waals surface area contributed by atoms with Gasteiger partial charge in [0.15, 0.2) is 0 Å². The molecule has 1 N–H and O–H groups in total. The standard InChI is InChI=1S/C18H28O3/c1-2-3-4-5-7-10-13-16-21-17-14-11-8-6-9-12-15-18(19)20/h2-3,7,10,13-14,16-17H,4-6,8-9,11-12,15H2,1H3,(H,19,20)/b3-2+,10-7-,16-13+,17-14+. The minimum Gasteiger partial charge on any atom is -0.481 e. The number of aliphatic carboxylic acids is 1. The van der Waals surface area contributed by atoms with Crippen LogP contribution in [0.3, 0.4) is 0 Å². The van der Waals surface area contributed by atoms with Gasteiger partial charge in [-0.15, -0.1) is 0 Å². The number of carboxylic acids is 1. The van der Waals surface area contributed by atoms with Gasteiger partial charge in [0.25, 0.3) is 0 Å². The highest BCUT2D eigenvalue weighted by atomic mass is 16.5. The van der Waals surface area contributed by atoms with Gasteiger partial charge in [-0.3, -0.25) is 4.79 Å². The van der Waals surface area contributed by atoms with E-state index >= 15 is 0 Å². The Labute approximate surface area is 128 Å². The van der Waals surface area contributed by atoms with Gasteiger partial charge in [-0.1, -0.05) is 37.1 Å². The summed E-state index contributed by atoms with van der Waals surface area (Å²) in [6.45, 7) is 2.03. The van der Waals surface area contributed by atoms with Crippen molar-refractivity contribution in [2.75, 3.05) is 0 Å². The van der Waals surface area contributed by atoms with Gasteiger partial charge in [0.2, 0.25) is 0 Å². The first-order valence-corrected chi connectivity index (χ1v) is 7.72. The number of carboxylic acid groups (broad SMARTS) is 1. The molecule has 0 aliphatic rings. The molecule has 0 radical (unpaired) electrons. The average Bonchev–Trinajstić information content (AvgIpc) is 2.46. The number of carbonyl (C=O) groups is 1. The smallest absolute Gasteiger partial charge is 0.303 e. The molecule has 0 atom stereocenters. The van der Waals surface area contributed by atoms with Gasteiger partial charge in [0, 0.05) is 6.42 Å². The van der Waals surface area contributed by atoms with Crippen LogP contribution in [-0.2, 0) is 9.53 Å². The van der Waals surface area contributed by atoms with Gasteiger partial charge < -0.3 is 9.84 Å². The Morgan fingerprint density at radius 2 is 1.67 bits per heavy atom. The predicted molar refractivity (Wildman–Crippen MR) is 87.9 cm³/mol. The first-order valence-electron chi connectivity index (χ1n) is 7.72. The second-order valence-electron chi connectivity index (χ2n) is 4.76. The molecule has 0 amide bonds. The van der Waals surface area contributed by atoms with E-state index in [-0.39, 0.29) is 6.42 Å². The predicted octanol–water partition coefficient (Wildman–Crippen LogP) is 5.37. The fraction of sp³-hybridized carbons (Fsp3) is 0.500. The van der Waals surface area contributed by atoms with Gasteiger partial charge in [-0.05, 0) is 51.2 Å². The van der Waals surface area contributed by atoms with Crippen LogP contribution in [0.2, 0.25) is 0 Å². The Morgan fingerprint density at radius 1 is 0.905 bits per heavy atom. The highest BCUT2D eigenvalue weighted by Gasteiger charge is 1.95. The molecular formula is C18H28O3. The number of unbranched alkanes of at least 4 members (excludes halogenated alkanes) is 5. The van der Waals surface area contributed by atoms with Crippen molar-refractivity contribution in [1.82, 2.24) is 0 Å². The molecule has 0 fully saturated rings. The minimum absolute atomic E-state index is 0.284. The SMILES string of the molecule is C/C=C/CC/C=C\C=C\O/C=C/CCCCCCC(=O)O. The third-order valence-corrected chi connectivity index (χ3v) is 2.83. The van der Waals surface area contributed by atoms with E-state index in [2.05, 4.69) is 18.2 Å². The lowest BCUT2D eigenvalue weighted by Gasteiger charge is -1.96. The van der Waals surface area contributed by atoms with Gasteiger partial charge in [0.05, 0.1) is 12.5 Å². The molecule has 0 unspecified atom stereocenters. The van der Waals surface area contributed by atoms with E-state index in [1.807, 2.05) is 25.2 Å². The lowest BCUT2D eigenvalue weighted by molar-refractivity contribution is -0.137. The normalized spacial score (nSPS) is 12.2. The van der Waals surface area contributed by atoms with E-state index < -0.39 is 5.97 Å². The summed E-state index contributed by atoms with van der Waals surface area (Å²) in [5.41, 5.74) is 0. The summed E-state index contributed by atoms with van der Waals surface area (Å²) in [6.07, 6.45) is 22.8. The summed E-state index contributed by atoms with van der Waals surface area (Å²) in [4.78, 5) is 10.3. The van der Waals surface area contributed by atoms with E-state index in [0.717, 1.165) is 44.9 Å². The van der Waals surface area contributed by atoms with E-state index in [0.29, 0.717) is 0 Å². The number of ether oxygens (including phenoxy) is 1. The molecule has 0 aromatic rings. The van der Waals surface area contributed by atoms with E-state index in [1.54, 1.807) is 12.5 Å². The van der Waals surface area contributed by atoms with Crippen LogP contribution in [0.5, 0.6) is 0 Å². The Balaban J connectivity index is 3.33. The van der Waals surface area contributed by atoms with Crippen LogP contribution in [-0.4, -0.2) is 11.1 Å². The second kappa shape index (κ2) is 16.3. The zero-order valence-electron chi connectivity index (χ0n) is 13.0. The number of hydrogen-bond acceptors (Lipinski definition) is 2. The van der Waals surface area contributed by atoms with Crippen LogP contribution in [0.25, 0.3) is 0 Å². The quantitative estimate of drug-likeness (QED) is 0.215. The van der Waals surface area contributed by atoms with Crippen molar-refractivity contribution in [3.63, 3.8) is 0 Å². The molecule has 0 heterocycles. The lowest BCUT2D eigenvalue weighted by Crippen LogP contribution is -1.93. The van der Waals surface area contributed by atoms with Gasteiger partial charge in [0.1, 0.15) is 0 Å². The van der Waals surface area contributed by atoms with Gasteiger partial charge >= 0.3 is 5.97 Å². The minimum atomic E-state index is -0.703. The van der Waals surface area contributed by atoms with Crippen molar-refractivity contribution in [2.24, 2.45) is 0 Å². The number of rotatable bonds is 13. The average molecular weight is 292 g/mol. The second-order valence-corrected chi connectivity index (χ2v) is 4.76. The number of hydrogen-bond donors (Lipinski definition) is 1. The van der Waals surface area contributed by atoms with E-state index in [1.165, 1.54) is 0 Å². The molecule has 0 spiro atoms. The molecule has 0 bridgehead atoms. The highest BCUT2D eigenvalue weighted by molar-refractivity contribution is 5.66. The maximum Gasteiger partial charge on any atom is 0.303 e. The van der Waals surface area contributed by atoms with Crippen LogP contribution >= 0.6 is 0 Å². The maximum atomic E-state index is 10.3. The Hall–Kier alpha value is -1.77. The van der Waals surface area contributed by atoms with Crippen LogP contribution in [0.4, 0.5) is 0 Å². The first-order chi connectivity index (χ1) is 10.3. The summed E-state index contributed by atoms with van der Waals surface area (Å²) < 4.78 is 5.22. The van der Waals surface area contributed by atoms with E-state index in [4.69, 9.17) is 9.84 Å². The van der Waals surface area contributed by atoms with Crippen LogP contribution < -0.4 is 0 Å². The Bertz CT molecular complexity index is 351. The monoisotopic (exact) mass is 292 g/mol. The molecule has 21 heavy (non-hydrogen) atoms. The van der Waals surface area contributed by atoms with Crippen LogP contribution in [0, 0.1) is 0 Å². The maximum absolute atomic E-state index is 10.3. The summed E-state index contributed by atoms with van der Waals surface area (Å²) in [6, 6.07) is 0. The fourth-order valence-electron chi connectivity index (χ4n) is 1.69. The lowest BCUT2D eigenvalue weighted by atomic mass is 10.1. The summed E-state index contributed by atoms with van der Waals surface area (Å²) in [7, 11) is 0. The third-order valence-electron chi connectivity index (χ3n) is 2.83. The van der Waals surface area contributed by atoms with Crippen LogP contribution in [0.1, 0.15) is 58.3 Å². The molecule has 118 valence electrons. The van der Waals surface area contributed by atoms with E-state index in [9.17, 15) is 4.79 Å². The zero-order chi connectivity index (χ0) is 15.6. The van der Waals surface area contributed by atoms with Crippen molar-refractivity contribution >= 4 is 5.97 Å². The summed E-state index contributed by atoms with van der Waals surface area (Å²) in [5, 5.41) is 8.49. The Morgan fingerprint density at radius 3 is 2.43 bits per heavy atom. The molecule has 0 aliphatic carbocycles. The first kappa shape index (κ1) is 19.2. The van der Waals surface area contributed by atoms with Crippen molar-refractivity contribution in [1.29, 1.82) is 0 Å². The van der Waals surface area contributed by atoms with Gasteiger partial charge in [-0.2, -0.15) is 0 Å². The van der Waals surface area contributed by atoms with Crippen molar-refractivity contribution in [3.05, 3.63) is 49.0 Å². The summed E-state index contributed by atoms with van der Waals surface area (Å²) >= 11 is 0. The molecule has 0 aromatic heterocycles. The fourth-order valence-corrected chi connectivity index (χ4v) is 1.69. The highest BCUT2D eigenvalue weighted by Crippen LogP contribution is 2.05. The van der Waals surface area contributed by atoms with Crippen molar-refractivity contribution in [2.45, 2.75) is 58.3 Å². The molecule has 3 heteroatoms.